The summed E-state index contributed by atoms with van der Waals surface area (Å²) < 4.78 is 0. The molecule has 100 valence electrons. The zero-order chi connectivity index (χ0) is 13.2. The quantitative estimate of drug-likeness (QED) is 0.861. The predicted molar refractivity (Wildman–Crippen MR) is 76.0 cm³/mol. The lowest BCUT2D eigenvalue weighted by atomic mass is 9.92. The zero-order valence-corrected chi connectivity index (χ0v) is 11.6. The second-order valence-corrected chi connectivity index (χ2v) is 5.55. The van der Waals surface area contributed by atoms with E-state index in [2.05, 4.69) is 41.4 Å². The van der Waals surface area contributed by atoms with E-state index in [1.165, 1.54) is 11.3 Å². The second kappa shape index (κ2) is 5.29. The van der Waals surface area contributed by atoms with Crippen molar-refractivity contribution in [1.29, 1.82) is 0 Å². The van der Waals surface area contributed by atoms with Crippen LogP contribution < -0.4 is 10.2 Å². The third-order valence-corrected chi connectivity index (χ3v) is 4.02. The molecule has 0 spiro atoms. The van der Waals surface area contributed by atoms with Gasteiger partial charge in [0, 0.05) is 24.8 Å². The first kappa shape index (κ1) is 13.4. The van der Waals surface area contributed by atoms with E-state index in [4.69, 9.17) is 0 Å². The van der Waals surface area contributed by atoms with Crippen molar-refractivity contribution >= 4 is 5.69 Å². The van der Waals surface area contributed by atoms with Crippen LogP contribution in [0, 0.1) is 0 Å². The summed E-state index contributed by atoms with van der Waals surface area (Å²) in [6, 6.07) is 8.90. The third-order valence-electron chi connectivity index (χ3n) is 4.02. The van der Waals surface area contributed by atoms with Crippen molar-refractivity contribution in [2.45, 2.75) is 38.3 Å². The van der Waals surface area contributed by atoms with Gasteiger partial charge in [0.2, 0.25) is 0 Å². The van der Waals surface area contributed by atoms with Gasteiger partial charge in [0.1, 0.15) is 0 Å². The number of anilines is 1. The number of nitrogens with one attached hydrogen (secondary N) is 1. The molecule has 1 aromatic rings. The average Bonchev–Trinajstić information content (AvgIpc) is 2.38. The number of nitrogens with zero attached hydrogens (tertiary/aromatic N) is 1. The minimum atomic E-state index is -0.486. The highest BCUT2D eigenvalue weighted by Crippen LogP contribution is 2.30. The Kier molecular flexibility index (Phi) is 3.93. The topological polar surface area (TPSA) is 35.5 Å². The van der Waals surface area contributed by atoms with E-state index in [-0.39, 0.29) is 0 Å². The zero-order valence-electron chi connectivity index (χ0n) is 11.6. The number of rotatable bonds is 3. The maximum atomic E-state index is 10.0. The number of piperidine rings is 1. The molecule has 3 heteroatoms. The third kappa shape index (κ3) is 2.85. The van der Waals surface area contributed by atoms with Gasteiger partial charge in [0.15, 0.2) is 0 Å². The van der Waals surface area contributed by atoms with Crippen LogP contribution >= 0.6 is 0 Å². The monoisotopic (exact) mass is 248 g/mol. The van der Waals surface area contributed by atoms with Crippen molar-refractivity contribution in [3.8, 4) is 0 Å². The van der Waals surface area contributed by atoms with Crippen molar-refractivity contribution < 1.29 is 5.11 Å². The van der Waals surface area contributed by atoms with Gasteiger partial charge in [-0.25, -0.2) is 0 Å². The Hall–Kier alpha value is -1.06. The van der Waals surface area contributed by atoms with Crippen LogP contribution in [0.1, 0.15) is 38.3 Å². The lowest BCUT2D eigenvalue weighted by Crippen LogP contribution is -2.43. The summed E-state index contributed by atoms with van der Waals surface area (Å²) in [6.07, 6.45) is 1.69. The fourth-order valence-electron chi connectivity index (χ4n) is 2.53. The molecule has 0 amide bonds. The van der Waals surface area contributed by atoms with Crippen LogP contribution in [0.5, 0.6) is 0 Å². The lowest BCUT2D eigenvalue weighted by Gasteiger charge is -2.38. The Labute approximate surface area is 110 Å². The molecule has 1 aliphatic rings. The highest BCUT2D eigenvalue weighted by molar-refractivity contribution is 5.55. The van der Waals surface area contributed by atoms with E-state index in [1.54, 1.807) is 0 Å². The molecule has 1 heterocycles. The number of para-hydroxylation sites is 1. The lowest BCUT2D eigenvalue weighted by molar-refractivity contribution is 0.0351. The van der Waals surface area contributed by atoms with Gasteiger partial charge in [-0.05, 0) is 45.4 Å². The van der Waals surface area contributed by atoms with Crippen LogP contribution in [0.2, 0.25) is 0 Å². The molecule has 18 heavy (non-hydrogen) atoms. The van der Waals surface area contributed by atoms with Gasteiger partial charge < -0.3 is 15.3 Å². The molecule has 0 aliphatic carbocycles. The fourth-order valence-corrected chi connectivity index (χ4v) is 2.53. The smallest absolute Gasteiger partial charge is 0.0653 e. The van der Waals surface area contributed by atoms with Crippen LogP contribution in [0.4, 0.5) is 5.69 Å². The van der Waals surface area contributed by atoms with Crippen LogP contribution in [0.15, 0.2) is 24.3 Å². The predicted octanol–water partition coefficient (Wildman–Crippen LogP) is 2.32. The molecular formula is C15H24N2O. The number of aliphatic hydroxyl groups is 1. The summed E-state index contributed by atoms with van der Waals surface area (Å²) in [5.74, 6) is 0. The molecule has 0 bridgehead atoms. The van der Waals surface area contributed by atoms with Crippen LogP contribution in [-0.4, -0.2) is 30.8 Å². The molecule has 2 N–H and O–H groups in total. The van der Waals surface area contributed by atoms with Gasteiger partial charge >= 0.3 is 0 Å². The summed E-state index contributed by atoms with van der Waals surface area (Å²) in [7, 11) is 1.99. The number of benzene rings is 1. The second-order valence-electron chi connectivity index (χ2n) is 5.55. The Morgan fingerprint density at radius 1 is 1.28 bits per heavy atom. The molecule has 0 aromatic heterocycles. The standard InChI is InChI=1S/C15H24N2O/c1-12(16-3)13-6-4-5-7-14(13)17-10-8-15(2,18)9-11-17/h4-7,12,16,18H,8-11H2,1-3H3. The molecule has 1 unspecified atom stereocenters. The van der Waals surface area contributed by atoms with E-state index in [0.717, 1.165) is 25.9 Å². The molecule has 1 aromatic carbocycles. The van der Waals surface area contributed by atoms with Crippen LogP contribution in [0.25, 0.3) is 0 Å². The van der Waals surface area contributed by atoms with Crippen molar-refractivity contribution in [3.63, 3.8) is 0 Å². The van der Waals surface area contributed by atoms with E-state index in [1.807, 2.05) is 14.0 Å². The molecular weight excluding hydrogens is 224 g/mol. The van der Waals surface area contributed by atoms with E-state index >= 15 is 0 Å². The maximum Gasteiger partial charge on any atom is 0.0653 e. The van der Waals surface area contributed by atoms with Crippen LogP contribution in [-0.2, 0) is 0 Å². The van der Waals surface area contributed by atoms with E-state index in [9.17, 15) is 5.11 Å². The maximum absolute atomic E-state index is 10.0. The summed E-state index contributed by atoms with van der Waals surface area (Å²) in [5.41, 5.74) is 2.15. The minimum Gasteiger partial charge on any atom is -0.390 e. The molecule has 1 atom stereocenters. The summed E-state index contributed by atoms with van der Waals surface area (Å²) in [4.78, 5) is 2.39. The molecule has 1 fully saturated rings. The van der Waals surface area contributed by atoms with Crippen molar-refractivity contribution in [3.05, 3.63) is 29.8 Å². The summed E-state index contributed by atoms with van der Waals surface area (Å²) in [6.45, 7) is 5.98. The largest absolute Gasteiger partial charge is 0.390 e. The summed E-state index contributed by atoms with van der Waals surface area (Å²) in [5, 5.41) is 13.3. The normalized spacial score (nSPS) is 20.8. The first-order valence-corrected chi connectivity index (χ1v) is 6.77. The molecule has 0 radical (unpaired) electrons. The SMILES string of the molecule is CNC(C)c1ccccc1N1CCC(C)(O)CC1. The van der Waals surface area contributed by atoms with Crippen LogP contribution in [0.3, 0.4) is 0 Å². The Morgan fingerprint density at radius 2 is 1.89 bits per heavy atom. The van der Waals surface area contributed by atoms with Gasteiger partial charge in [0.05, 0.1) is 5.60 Å². The highest BCUT2D eigenvalue weighted by Gasteiger charge is 2.28. The Balaban J connectivity index is 2.19. The summed E-state index contributed by atoms with van der Waals surface area (Å²) >= 11 is 0. The Morgan fingerprint density at radius 3 is 2.50 bits per heavy atom. The average molecular weight is 248 g/mol. The molecule has 3 nitrogen and oxygen atoms in total. The molecule has 2 rings (SSSR count). The number of hydrogen-bond acceptors (Lipinski definition) is 3. The number of hydrogen-bond donors (Lipinski definition) is 2. The van der Waals surface area contributed by atoms with E-state index in [0.29, 0.717) is 6.04 Å². The fraction of sp³-hybridized carbons (Fsp3) is 0.600. The van der Waals surface area contributed by atoms with Gasteiger partial charge in [-0.2, -0.15) is 0 Å². The van der Waals surface area contributed by atoms with Gasteiger partial charge in [0.25, 0.3) is 0 Å². The van der Waals surface area contributed by atoms with Gasteiger partial charge in [-0.3, -0.25) is 0 Å². The van der Waals surface area contributed by atoms with Crippen molar-refractivity contribution in [1.82, 2.24) is 5.32 Å². The minimum absolute atomic E-state index is 0.351. The van der Waals surface area contributed by atoms with Crippen molar-refractivity contribution in [2.75, 3.05) is 25.0 Å². The van der Waals surface area contributed by atoms with Crippen molar-refractivity contribution in [2.24, 2.45) is 0 Å². The molecule has 0 saturated carbocycles. The van der Waals surface area contributed by atoms with E-state index < -0.39 is 5.60 Å². The van der Waals surface area contributed by atoms with Gasteiger partial charge in [-0.1, -0.05) is 18.2 Å². The Bertz CT molecular complexity index is 393. The first-order valence-electron chi connectivity index (χ1n) is 6.77. The molecule has 1 saturated heterocycles. The first-order chi connectivity index (χ1) is 8.53. The molecule has 1 aliphatic heterocycles. The van der Waals surface area contributed by atoms with Gasteiger partial charge in [-0.15, -0.1) is 0 Å². The highest BCUT2D eigenvalue weighted by atomic mass is 16.3.